The number of nitrogens with zero attached hydrogens (tertiary/aromatic N) is 1. The van der Waals surface area contributed by atoms with Crippen LogP contribution in [0.2, 0.25) is 0 Å². The van der Waals surface area contributed by atoms with Crippen LogP contribution in [0.1, 0.15) is 13.3 Å². The molecule has 0 unspecified atom stereocenters. The highest BCUT2D eigenvalue weighted by atomic mass is 16.6. The van der Waals surface area contributed by atoms with Crippen LogP contribution in [0.25, 0.3) is 0 Å². The van der Waals surface area contributed by atoms with Gasteiger partial charge in [-0.15, -0.1) is 0 Å². The minimum atomic E-state index is -0.605. The lowest BCUT2D eigenvalue weighted by molar-refractivity contribution is -0.920. The summed E-state index contributed by atoms with van der Waals surface area (Å²) in [5.41, 5.74) is 0. The lowest BCUT2D eigenvalue weighted by atomic mass is 10.1. The summed E-state index contributed by atoms with van der Waals surface area (Å²) >= 11 is 0. The van der Waals surface area contributed by atoms with Crippen molar-refractivity contribution in [1.29, 1.82) is 0 Å². The number of esters is 2. The third-order valence-electron chi connectivity index (χ3n) is 3.51. The Labute approximate surface area is 123 Å². The first-order valence-corrected chi connectivity index (χ1v) is 6.94. The number of piperazine rings is 1. The van der Waals surface area contributed by atoms with E-state index in [0.29, 0.717) is 32.8 Å². The predicted octanol–water partition coefficient (Wildman–Crippen LogP) is -1.55. The van der Waals surface area contributed by atoms with Crippen LogP contribution >= 0.6 is 0 Å². The minimum Gasteiger partial charge on any atom is -0.469 e. The van der Waals surface area contributed by atoms with Gasteiger partial charge < -0.3 is 19.1 Å². The molecule has 1 fully saturated rings. The SMILES string of the molecule is CCOC(=O)N1CC[NH+]([C@H](CC(=O)OC)C(=O)OC)CC1. The summed E-state index contributed by atoms with van der Waals surface area (Å²) in [5.74, 6) is -0.897. The first kappa shape index (κ1) is 17.2. The van der Waals surface area contributed by atoms with E-state index in [2.05, 4.69) is 4.74 Å². The summed E-state index contributed by atoms with van der Waals surface area (Å²) < 4.78 is 14.3. The largest absolute Gasteiger partial charge is 0.469 e. The van der Waals surface area contributed by atoms with Crippen LogP contribution in [-0.4, -0.2) is 76.0 Å². The van der Waals surface area contributed by atoms with Crippen LogP contribution < -0.4 is 4.90 Å². The highest BCUT2D eigenvalue weighted by Crippen LogP contribution is 1.99. The topological polar surface area (TPSA) is 86.6 Å². The Hall–Kier alpha value is -1.83. The summed E-state index contributed by atoms with van der Waals surface area (Å²) in [7, 11) is 2.58. The summed E-state index contributed by atoms with van der Waals surface area (Å²) in [6.07, 6.45) is -0.378. The molecule has 1 N–H and O–H groups in total. The van der Waals surface area contributed by atoms with Crippen molar-refractivity contribution in [3.63, 3.8) is 0 Å². The minimum absolute atomic E-state index is 0.0298. The summed E-state index contributed by atoms with van der Waals surface area (Å²) in [4.78, 5) is 37.4. The number of amides is 1. The fourth-order valence-corrected chi connectivity index (χ4v) is 2.33. The van der Waals surface area contributed by atoms with Gasteiger partial charge in [0.05, 0.1) is 47.0 Å². The smallest absolute Gasteiger partial charge is 0.410 e. The molecule has 0 radical (unpaired) electrons. The van der Waals surface area contributed by atoms with Gasteiger partial charge in [0, 0.05) is 0 Å². The Morgan fingerprint density at radius 3 is 2.24 bits per heavy atom. The molecular weight excluding hydrogens is 280 g/mol. The molecular formula is C13H23N2O6+. The average Bonchev–Trinajstić information content (AvgIpc) is 2.52. The van der Waals surface area contributed by atoms with Crippen LogP contribution in [0.5, 0.6) is 0 Å². The maximum Gasteiger partial charge on any atom is 0.410 e. The van der Waals surface area contributed by atoms with Crippen molar-refractivity contribution < 1.29 is 33.5 Å². The van der Waals surface area contributed by atoms with E-state index in [1.807, 2.05) is 0 Å². The van der Waals surface area contributed by atoms with Gasteiger partial charge in [-0.1, -0.05) is 0 Å². The number of methoxy groups -OCH3 is 2. The fraction of sp³-hybridized carbons (Fsp3) is 0.769. The number of nitrogens with one attached hydrogen (secondary N) is 1. The van der Waals surface area contributed by atoms with Crippen LogP contribution in [0.3, 0.4) is 0 Å². The molecule has 1 heterocycles. The molecule has 1 amide bonds. The Kier molecular flexibility index (Phi) is 6.93. The van der Waals surface area contributed by atoms with Crippen LogP contribution in [0, 0.1) is 0 Å². The van der Waals surface area contributed by atoms with E-state index in [-0.39, 0.29) is 12.5 Å². The lowest BCUT2D eigenvalue weighted by Gasteiger charge is -2.34. The van der Waals surface area contributed by atoms with E-state index < -0.39 is 18.0 Å². The molecule has 0 aromatic rings. The number of ether oxygens (including phenoxy) is 3. The number of quaternary nitrogens is 1. The molecule has 0 spiro atoms. The van der Waals surface area contributed by atoms with E-state index in [1.165, 1.54) is 14.2 Å². The van der Waals surface area contributed by atoms with E-state index in [1.54, 1.807) is 11.8 Å². The second-order valence-corrected chi connectivity index (χ2v) is 4.70. The van der Waals surface area contributed by atoms with E-state index in [4.69, 9.17) is 9.47 Å². The molecule has 8 nitrogen and oxygen atoms in total. The lowest BCUT2D eigenvalue weighted by Crippen LogP contribution is -3.19. The van der Waals surface area contributed by atoms with Crippen molar-refractivity contribution in [3.8, 4) is 0 Å². The first-order valence-electron chi connectivity index (χ1n) is 6.94. The molecule has 1 aliphatic heterocycles. The average molecular weight is 303 g/mol. The molecule has 1 rings (SSSR count). The third kappa shape index (κ3) is 4.89. The van der Waals surface area contributed by atoms with Gasteiger partial charge in [-0.05, 0) is 6.92 Å². The zero-order valence-corrected chi connectivity index (χ0v) is 12.7. The van der Waals surface area contributed by atoms with Crippen molar-refractivity contribution in [2.24, 2.45) is 0 Å². The summed E-state index contributed by atoms with van der Waals surface area (Å²) in [6, 6.07) is -0.605. The highest BCUT2D eigenvalue weighted by molar-refractivity contribution is 5.81. The maximum absolute atomic E-state index is 11.8. The Bertz CT molecular complexity index is 379. The number of rotatable bonds is 5. The van der Waals surface area contributed by atoms with Crippen molar-refractivity contribution in [3.05, 3.63) is 0 Å². The second-order valence-electron chi connectivity index (χ2n) is 4.70. The van der Waals surface area contributed by atoms with Crippen molar-refractivity contribution >= 4 is 18.0 Å². The van der Waals surface area contributed by atoms with Crippen molar-refractivity contribution in [2.75, 3.05) is 47.0 Å². The first-order chi connectivity index (χ1) is 10.0. The number of carbonyl (C=O) groups excluding carboxylic acids is 3. The molecule has 8 heteroatoms. The van der Waals surface area contributed by atoms with Crippen molar-refractivity contribution in [1.82, 2.24) is 4.90 Å². The van der Waals surface area contributed by atoms with Gasteiger partial charge in [0.25, 0.3) is 0 Å². The van der Waals surface area contributed by atoms with Crippen LogP contribution in [-0.2, 0) is 23.8 Å². The standard InChI is InChI=1S/C13H22N2O6/c1-4-21-13(18)15-7-5-14(6-8-15)10(12(17)20-3)9-11(16)19-2/h10H,4-9H2,1-3H3/p+1/t10-/m1/s1. The van der Waals surface area contributed by atoms with E-state index in [0.717, 1.165) is 4.90 Å². The molecule has 0 saturated carbocycles. The van der Waals surface area contributed by atoms with Gasteiger partial charge >= 0.3 is 18.0 Å². The third-order valence-corrected chi connectivity index (χ3v) is 3.51. The van der Waals surface area contributed by atoms with Crippen LogP contribution in [0.4, 0.5) is 4.79 Å². The van der Waals surface area contributed by atoms with Gasteiger partial charge in [0.15, 0.2) is 6.04 Å². The van der Waals surface area contributed by atoms with Crippen LogP contribution in [0.15, 0.2) is 0 Å². The Morgan fingerprint density at radius 2 is 1.76 bits per heavy atom. The Morgan fingerprint density at radius 1 is 1.14 bits per heavy atom. The van der Waals surface area contributed by atoms with Gasteiger partial charge in [0.1, 0.15) is 6.42 Å². The number of hydrogen-bond acceptors (Lipinski definition) is 6. The quantitative estimate of drug-likeness (QED) is 0.489. The monoisotopic (exact) mass is 303 g/mol. The molecule has 120 valence electrons. The number of carbonyl (C=O) groups is 3. The maximum atomic E-state index is 11.8. The fourth-order valence-electron chi connectivity index (χ4n) is 2.33. The molecule has 1 aliphatic rings. The normalized spacial score (nSPS) is 17.0. The molecule has 0 aromatic heterocycles. The summed E-state index contributed by atoms with van der Waals surface area (Å²) in [6.45, 7) is 4.14. The predicted molar refractivity (Wildman–Crippen MR) is 71.7 cm³/mol. The second kappa shape index (κ2) is 8.46. The number of hydrogen-bond donors (Lipinski definition) is 1. The van der Waals surface area contributed by atoms with Gasteiger partial charge in [0.2, 0.25) is 0 Å². The summed E-state index contributed by atoms with van der Waals surface area (Å²) in [5, 5.41) is 0. The molecule has 1 saturated heterocycles. The molecule has 0 aliphatic carbocycles. The van der Waals surface area contributed by atoms with Gasteiger partial charge in [-0.3, -0.25) is 9.69 Å². The van der Waals surface area contributed by atoms with E-state index >= 15 is 0 Å². The molecule has 0 bridgehead atoms. The molecule has 0 aromatic carbocycles. The molecule has 21 heavy (non-hydrogen) atoms. The van der Waals surface area contributed by atoms with Gasteiger partial charge in [-0.2, -0.15) is 0 Å². The molecule has 1 atom stereocenters. The van der Waals surface area contributed by atoms with Gasteiger partial charge in [-0.25, -0.2) is 9.59 Å². The Balaban J connectivity index is 2.60. The zero-order valence-electron chi connectivity index (χ0n) is 12.7. The highest BCUT2D eigenvalue weighted by Gasteiger charge is 2.36. The van der Waals surface area contributed by atoms with Crippen molar-refractivity contribution in [2.45, 2.75) is 19.4 Å². The zero-order chi connectivity index (χ0) is 15.8. The van der Waals surface area contributed by atoms with E-state index in [9.17, 15) is 14.4 Å².